The van der Waals surface area contributed by atoms with Crippen molar-refractivity contribution in [3.63, 3.8) is 0 Å². The fourth-order valence-corrected chi connectivity index (χ4v) is 2.49. The number of anilines is 1. The van der Waals surface area contributed by atoms with Crippen molar-refractivity contribution in [2.45, 2.75) is 18.7 Å². The number of carboxylic acid groups (broad SMARTS) is 1. The molecule has 0 amide bonds. The highest BCUT2D eigenvalue weighted by atomic mass is 32.2. The molecule has 0 fully saturated rings. The third kappa shape index (κ3) is 4.18. The van der Waals surface area contributed by atoms with Crippen LogP contribution in [0.4, 0.5) is 5.69 Å². The highest BCUT2D eigenvalue weighted by Crippen LogP contribution is 2.29. The van der Waals surface area contributed by atoms with Crippen molar-refractivity contribution in [2.24, 2.45) is 5.92 Å². The Labute approximate surface area is 118 Å². The van der Waals surface area contributed by atoms with Gasteiger partial charge >= 0.3 is 5.97 Å². The lowest BCUT2D eigenvalue weighted by atomic mass is 10.1. The van der Waals surface area contributed by atoms with Crippen LogP contribution in [0.2, 0.25) is 0 Å². The second-order valence-electron chi connectivity index (χ2n) is 4.63. The van der Waals surface area contributed by atoms with Crippen molar-refractivity contribution in [2.75, 3.05) is 24.2 Å². The summed E-state index contributed by atoms with van der Waals surface area (Å²) < 4.78 is 0. The van der Waals surface area contributed by atoms with Gasteiger partial charge in [0.2, 0.25) is 0 Å². The molecule has 0 aliphatic rings. The van der Waals surface area contributed by atoms with E-state index in [4.69, 9.17) is 5.11 Å². The number of nitriles is 1. The van der Waals surface area contributed by atoms with Gasteiger partial charge in [0, 0.05) is 11.4 Å². The molecule has 19 heavy (non-hydrogen) atoms. The molecule has 0 spiro atoms. The monoisotopic (exact) mass is 278 g/mol. The van der Waals surface area contributed by atoms with E-state index in [9.17, 15) is 10.1 Å². The second kappa shape index (κ2) is 7.05. The summed E-state index contributed by atoms with van der Waals surface area (Å²) in [6, 6.07) is 7.73. The number of thioether (sulfide) groups is 1. The van der Waals surface area contributed by atoms with Gasteiger partial charge in [-0.2, -0.15) is 5.26 Å². The number of rotatable bonds is 6. The van der Waals surface area contributed by atoms with E-state index in [1.165, 1.54) is 11.8 Å². The molecule has 1 rings (SSSR count). The molecule has 0 bridgehead atoms. The summed E-state index contributed by atoms with van der Waals surface area (Å²) in [7, 11) is 0. The SMILES string of the molecule is CSc1cccc(N(CC(=O)O)CC(C)C)c1C#N. The minimum atomic E-state index is -0.890. The van der Waals surface area contributed by atoms with Gasteiger partial charge in [-0.15, -0.1) is 11.8 Å². The lowest BCUT2D eigenvalue weighted by Gasteiger charge is -2.26. The lowest BCUT2D eigenvalue weighted by molar-refractivity contribution is -0.135. The Hall–Kier alpha value is -1.67. The fraction of sp³-hybridized carbons (Fsp3) is 0.429. The van der Waals surface area contributed by atoms with Crippen LogP contribution in [-0.2, 0) is 4.79 Å². The Kier molecular flexibility index (Phi) is 5.71. The van der Waals surface area contributed by atoms with Crippen LogP contribution in [0.3, 0.4) is 0 Å². The van der Waals surface area contributed by atoms with Crippen LogP contribution in [0.5, 0.6) is 0 Å². The first-order valence-corrected chi connectivity index (χ1v) is 7.26. The quantitative estimate of drug-likeness (QED) is 0.811. The molecule has 1 N–H and O–H groups in total. The number of hydrogen-bond acceptors (Lipinski definition) is 4. The van der Waals surface area contributed by atoms with E-state index < -0.39 is 5.97 Å². The number of aliphatic carboxylic acids is 1. The van der Waals surface area contributed by atoms with Gasteiger partial charge in [-0.3, -0.25) is 4.79 Å². The normalized spacial score (nSPS) is 10.3. The molecule has 0 radical (unpaired) electrons. The molecule has 0 aliphatic carbocycles. The van der Waals surface area contributed by atoms with E-state index in [2.05, 4.69) is 6.07 Å². The van der Waals surface area contributed by atoms with Crippen LogP contribution < -0.4 is 4.90 Å². The van der Waals surface area contributed by atoms with E-state index in [-0.39, 0.29) is 6.54 Å². The maximum Gasteiger partial charge on any atom is 0.323 e. The Balaban J connectivity index is 3.21. The maximum atomic E-state index is 11.0. The standard InChI is InChI=1S/C14H18N2O2S/c1-10(2)8-16(9-14(17)18)12-5-4-6-13(19-3)11(12)7-15/h4-6,10H,8-9H2,1-3H3,(H,17,18). The summed E-state index contributed by atoms with van der Waals surface area (Å²) in [5, 5.41) is 18.3. The van der Waals surface area contributed by atoms with E-state index in [0.717, 1.165) is 4.90 Å². The highest BCUT2D eigenvalue weighted by Gasteiger charge is 2.17. The minimum absolute atomic E-state index is 0.0926. The topological polar surface area (TPSA) is 64.3 Å². The zero-order valence-electron chi connectivity index (χ0n) is 11.4. The number of nitrogens with zero attached hydrogens (tertiary/aromatic N) is 2. The third-order valence-electron chi connectivity index (χ3n) is 2.59. The maximum absolute atomic E-state index is 11.0. The van der Waals surface area contributed by atoms with Crippen LogP contribution in [0, 0.1) is 17.2 Å². The molecule has 0 saturated carbocycles. The predicted octanol–water partition coefficient (Wildman–Crippen LogP) is 2.83. The van der Waals surface area contributed by atoms with Crippen LogP contribution in [-0.4, -0.2) is 30.4 Å². The van der Waals surface area contributed by atoms with Gasteiger partial charge in [0.15, 0.2) is 0 Å². The summed E-state index contributed by atoms with van der Waals surface area (Å²) in [5.41, 5.74) is 1.25. The van der Waals surface area contributed by atoms with Crippen LogP contribution in [0.25, 0.3) is 0 Å². The molecule has 4 nitrogen and oxygen atoms in total. The first-order chi connectivity index (χ1) is 8.99. The smallest absolute Gasteiger partial charge is 0.323 e. The average Bonchev–Trinajstić information content (AvgIpc) is 2.35. The van der Waals surface area contributed by atoms with Gasteiger partial charge in [0.05, 0.1) is 11.3 Å². The van der Waals surface area contributed by atoms with Crippen molar-refractivity contribution in [1.29, 1.82) is 5.26 Å². The summed E-state index contributed by atoms with van der Waals surface area (Å²) in [6.07, 6.45) is 1.91. The van der Waals surface area contributed by atoms with Crippen molar-refractivity contribution >= 4 is 23.4 Å². The van der Waals surface area contributed by atoms with Gasteiger partial charge in [0.1, 0.15) is 12.6 Å². The third-order valence-corrected chi connectivity index (χ3v) is 3.37. The molecule has 0 heterocycles. The molecule has 5 heteroatoms. The Morgan fingerprint density at radius 3 is 2.68 bits per heavy atom. The first-order valence-electron chi connectivity index (χ1n) is 6.03. The minimum Gasteiger partial charge on any atom is -0.480 e. The molecule has 0 saturated heterocycles. The molecule has 0 aromatic heterocycles. The molecule has 1 aromatic rings. The van der Waals surface area contributed by atoms with E-state index in [1.807, 2.05) is 38.3 Å². The van der Waals surface area contributed by atoms with Gasteiger partial charge in [0.25, 0.3) is 0 Å². The lowest BCUT2D eigenvalue weighted by Crippen LogP contribution is -2.33. The number of hydrogen-bond donors (Lipinski definition) is 1. The number of benzene rings is 1. The van der Waals surface area contributed by atoms with Gasteiger partial charge in [-0.1, -0.05) is 19.9 Å². The van der Waals surface area contributed by atoms with E-state index in [1.54, 1.807) is 4.90 Å². The van der Waals surface area contributed by atoms with E-state index >= 15 is 0 Å². The number of carbonyl (C=O) groups is 1. The van der Waals surface area contributed by atoms with Crippen LogP contribution in [0.15, 0.2) is 23.1 Å². The van der Waals surface area contributed by atoms with Crippen molar-refractivity contribution < 1.29 is 9.90 Å². The van der Waals surface area contributed by atoms with Gasteiger partial charge < -0.3 is 10.0 Å². The van der Waals surface area contributed by atoms with E-state index in [0.29, 0.717) is 23.7 Å². The van der Waals surface area contributed by atoms with Crippen LogP contribution in [0.1, 0.15) is 19.4 Å². The first kappa shape index (κ1) is 15.4. The number of carboxylic acids is 1. The average molecular weight is 278 g/mol. The molecular formula is C14H18N2O2S. The summed E-state index contributed by atoms with van der Waals surface area (Å²) in [5.74, 6) is -0.567. The van der Waals surface area contributed by atoms with Crippen molar-refractivity contribution in [1.82, 2.24) is 0 Å². The largest absolute Gasteiger partial charge is 0.480 e. The summed E-state index contributed by atoms with van der Waals surface area (Å²) in [4.78, 5) is 13.6. The Morgan fingerprint density at radius 1 is 1.53 bits per heavy atom. The summed E-state index contributed by atoms with van der Waals surface area (Å²) in [6.45, 7) is 4.57. The Bertz CT molecular complexity index is 495. The molecule has 102 valence electrons. The zero-order chi connectivity index (χ0) is 14.4. The zero-order valence-corrected chi connectivity index (χ0v) is 12.2. The van der Waals surface area contributed by atoms with Crippen LogP contribution >= 0.6 is 11.8 Å². The predicted molar refractivity (Wildman–Crippen MR) is 77.6 cm³/mol. The molecular weight excluding hydrogens is 260 g/mol. The molecule has 0 unspecified atom stereocenters. The Morgan fingerprint density at radius 2 is 2.21 bits per heavy atom. The van der Waals surface area contributed by atoms with Gasteiger partial charge in [-0.25, -0.2) is 0 Å². The fourth-order valence-electron chi connectivity index (χ4n) is 1.92. The van der Waals surface area contributed by atoms with Gasteiger partial charge in [-0.05, 0) is 24.3 Å². The molecule has 0 atom stereocenters. The molecule has 1 aromatic carbocycles. The van der Waals surface area contributed by atoms with Crippen molar-refractivity contribution in [3.8, 4) is 6.07 Å². The second-order valence-corrected chi connectivity index (χ2v) is 5.48. The van der Waals surface area contributed by atoms with Crippen molar-refractivity contribution in [3.05, 3.63) is 23.8 Å². The highest BCUT2D eigenvalue weighted by molar-refractivity contribution is 7.98. The molecule has 0 aliphatic heterocycles. The summed E-state index contributed by atoms with van der Waals surface area (Å²) >= 11 is 1.49.